The number of nitrogens with one attached hydrogen (secondary N) is 1. The monoisotopic (exact) mass is 325 g/mol. The summed E-state index contributed by atoms with van der Waals surface area (Å²) in [5.41, 5.74) is 0. The van der Waals surface area contributed by atoms with Gasteiger partial charge in [-0.25, -0.2) is 0 Å². The van der Waals surface area contributed by atoms with Crippen molar-refractivity contribution in [3.8, 4) is 0 Å². The molecule has 0 spiro atoms. The van der Waals surface area contributed by atoms with Crippen molar-refractivity contribution in [3.63, 3.8) is 0 Å². The van der Waals surface area contributed by atoms with E-state index in [1.807, 2.05) is 22.6 Å². The first kappa shape index (κ1) is 12.5. The minimum absolute atomic E-state index is 0.00617. The van der Waals surface area contributed by atoms with Gasteiger partial charge < -0.3 is 19.9 Å². The highest BCUT2D eigenvalue weighted by Gasteiger charge is 2.21. The second-order valence-electron chi connectivity index (χ2n) is 3.09. The number of carbonyl (C=O) groups excluding carboxylic acids is 1. The number of hydrogen-bond donors (Lipinski definition) is 3. The standard InChI is InChI=1S/C9H12INO4/c1-5(12)11-4-6(13)9(14)7-2-3-8(10)15-7/h2-3,6,9,13-14H,4H2,1H3,(H,11,12). The van der Waals surface area contributed by atoms with E-state index < -0.39 is 12.2 Å². The molecule has 0 aromatic carbocycles. The second kappa shape index (κ2) is 5.47. The Balaban J connectivity index is 2.52. The first-order chi connectivity index (χ1) is 7.00. The van der Waals surface area contributed by atoms with Gasteiger partial charge in [0.25, 0.3) is 0 Å². The van der Waals surface area contributed by atoms with Gasteiger partial charge in [-0.15, -0.1) is 0 Å². The first-order valence-corrected chi connectivity index (χ1v) is 5.44. The minimum Gasteiger partial charge on any atom is -0.453 e. The van der Waals surface area contributed by atoms with Crippen molar-refractivity contribution in [1.29, 1.82) is 0 Å². The smallest absolute Gasteiger partial charge is 0.216 e. The van der Waals surface area contributed by atoms with E-state index in [1.165, 1.54) is 6.92 Å². The molecule has 0 fully saturated rings. The zero-order chi connectivity index (χ0) is 11.4. The summed E-state index contributed by atoms with van der Waals surface area (Å²) in [4.78, 5) is 10.6. The van der Waals surface area contributed by atoms with Crippen LogP contribution in [0.2, 0.25) is 0 Å². The fourth-order valence-corrected chi connectivity index (χ4v) is 1.47. The highest BCUT2D eigenvalue weighted by molar-refractivity contribution is 14.1. The number of aliphatic hydroxyl groups is 2. The molecular weight excluding hydrogens is 313 g/mol. The Kier molecular flexibility index (Phi) is 4.55. The van der Waals surface area contributed by atoms with Crippen molar-refractivity contribution in [2.45, 2.75) is 19.1 Å². The molecule has 1 rings (SSSR count). The lowest BCUT2D eigenvalue weighted by atomic mass is 10.1. The third kappa shape index (κ3) is 3.80. The predicted molar refractivity (Wildman–Crippen MR) is 61.1 cm³/mol. The van der Waals surface area contributed by atoms with E-state index in [0.29, 0.717) is 3.77 Å². The Morgan fingerprint density at radius 1 is 1.60 bits per heavy atom. The van der Waals surface area contributed by atoms with Crippen LogP contribution in [0.4, 0.5) is 0 Å². The zero-order valence-corrected chi connectivity index (χ0v) is 10.3. The average Bonchev–Trinajstić information content (AvgIpc) is 2.60. The molecule has 6 heteroatoms. The molecule has 1 amide bonds. The zero-order valence-electron chi connectivity index (χ0n) is 8.11. The van der Waals surface area contributed by atoms with Crippen LogP contribution in [0.1, 0.15) is 18.8 Å². The number of hydrogen-bond acceptors (Lipinski definition) is 4. The van der Waals surface area contributed by atoms with Gasteiger partial charge in [0, 0.05) is 13.5 Å². The molecular formula is C9H12INO4. The molecule has 2 atom stereocenters. The topological polar surface area (TPSA) is 82.7 Å². The third-order valence-electron chi connectivity index (χ3n) is 1.81. The van der Waals surface area contributed by atoms with Gasteiger partial charge in [0.05, 0.1) is 0 Å². The van der Waals surface area contributed by atoms with E-state index in [-0.39, 0.29) is 18.2 Å². The molecule has 0 saturated carbocycles. The quantitative estimate of drug-likeness (QED) is 0.701. The lowest BCUT2D eigenvalue weighted by molar-refractivity contribution is -0.119. The summed E-state index contributed by atoms with van der Waals surface area (Å²) in [5.74, 6) is 0.0347. The maximum Gasteiger partial charge on any atom is 0.216 e. The molecule has 0 radical (unpaired) electrons. The molecule has 84 valence electrons. The fourth-order valence-electron chi connectivity index (χ4n) is 1.04. The Hall–Kier alpha value is -0.600. The van der Waals surface area contributed by atoms with Gasteiger partial charge >= 0.3 is 0 Å². The van der Waals surface area contributed by atoms with Crippen molar-refractivity contribution in [1.82, 2.24) is 5.32 Å². The minimum atomic E-state index is -1.12. The maximum absolute atomic E-state index is 10.6. The number of furan rings is 1. The van der Waals surface area contributed by atoms with E-state index in [1.54, 1.807) is 12.1 Å². The fraction of sp³-hybridized carbons (Fsp3) is 0.444. The molecule has 3 N–H and O–H groups in total. The van der Waals surface area contributed by atoms with Crippen molar-refractivity contribution < 1.29 is 19.4 Å². The van der Waals surface area contributed by atoms with Crippen molar-refractivity contribution in [3.05, 3.63) is 21.7 Å². The third-order valence-corrected chi connectivity index (χ3v) is 2.39. The van der Waals surface area contributed by atoms with E-state index >= 15 is 0 Å². The molecule has 2 unspecified atom stereocenters. The van der Waals surface area contributed by atoms with Gasteiger partial charge in [-0.1, -0.05) is 0 Å². The van der Waals surface area contributed by atoms with Crippen LogP contribution in [-0.2, 0) is 4.79 Å². The van der Waals surface area contributed by atoms with E-state index in [9.17, 15) is 15.0 Å². The Morgan fingerprint density at radius 3 is 2.73 bits per heavy atom. The predicted octanol–water partition coefficient (Wildman–Crippen LogP) is 0.415. The maximum atomic E-state index is 10.6. The van der Waals surface area contributed by atoms with Crippen LogP contribution in [-0.4, -0.2) is 28.8 Å². The number of amides is 1. The summed E-state index contributed by atoms with van der Waals surface area (Å²) >= 11 is 1.96. The summed E-state index contributed by atoms with van der Waals surface area (Å²) in [6, 6.07) is 3.27. The van der Waals surface area contributed by atoms with Crippen LogP contribution in [0.5, 0.6) is 0 Å². The first-order valence-electron chi connectivity index (χ1n) is 4.36. The molecule has 0 aliphatic heterocycles. The molecule has 0 aliphatic rings. The normalized spacial score (nSPS) is 14.7. The van der Waals surface area contributed by atoms with Crippen LogP contribution < -0.4 is 5.32 Å². The van der Waals surface area contributed by atoms with E-state index in [4.69, 9.17) is 4.42 Å². The van der Waals surface area contributed by atoms with Crippen LogP contribution in [0.25, 0.3) is 0 Å². The molecule has 0 bridgehead atoms. The summed E-state index contributed by atoms with van der Waals surface area (Å²) < 4.78 is 5.77. The van der Waals surface area contributed by atoms with Crippen LogP contribution in [0.15, 0.2) is 16.5 Å². The number of aliphatic hydroxyl groups excluding tert-OH is 2. The molecule has 0 saturated heterocycles. The average molecular weight is 325 g/mol. The van der Waals surface area contributed by atoms with E-state index in [2.05, 4.69) is 5.32 Å². The molecule has 1 heterocycles. The van der Waals surface area contributed by atoms with Gasteiger partial charge in [-0.05, 0) is 34.7 Å². The van der Waals surface area contributed by atoms with Crippen molar-refractivity contribution in [2.75, 3.05) is 6.54 Å². The molecule has 1 aromatic rings. The molecule has 15 heavy (non-hydrogen) atoms. The Labute approximate surface area is 101 Å². The van der Waals surface area contributed by atoms with Gasteiger partial charge in [-0.3, -0.25) is 4.79 Å². The van der Waals surface area contributed by atoms with Crippen molar-refractivity contribution in [2.24, 2.45) is 0 Å². The second-order valence-corrected chi connectivity index (χ2v) is 4.15. The van der Waals surface area contributed by atoms with Crippen LogP contribution >= 0.6 is 22.6 Å². The van der Waals surface area contributed by atoms with Gasteiger partial charge in [-0.2, -0.15) is 0 Å². The summed E-state index contributed by atoms with van der Waals surface area (Å²) in [6.07, 6.45) is -2.20. The molecule has 5 nitrogen and oxygen atoms in total. The van der Waals surface area contributed by atoms with E-state index in [0.717, 1.165) is 0 Å². The lowest BCUT2D eigenvalue weighted by Crippen LogP contribution is -2.34. The Morgan fingerprint density at radius 2 is 2.27 bits per heavy atom. The summed E-state index contributed by atoms with van der Waals surface area (Å²) in [5, 5.41) is 21.5. The van der Waals surface area contributed by atoms with Crippen LogP contribution in [0, 0.1) is 3.77 Å². The largest absolute Gasteiger partial charge is 0.453 e. The lowest BCUT2D eigenvalue weighted by Gasteiger charge is -2.15. The van der Waals surface area contributed by atoms with Gasteiger partial charge in [0.1, 0.15) is 18.0 Å². The SMILES string of the molecule is CC(=O)NCC(O)C(O)c1ccc(I)o1. The summed E-state index contributed by atoms with van der Waals surface area (Å²) in [7, 11) is 0. The highest BCUT2D eigenvalue weighted by atomic mass is 127. The van der Waals surface area contributed by atoms with Gasteiger partial charge in [0.15, 0.2) is 3.77 Å². The van der Waals surface area contributed by atoms with Crippen molar-refractivity contribution >= 4 is 28.5 Å². The highest BCUT2D eigenvalue weighted by Crippen LogP contribution is 2.20. The summed E-state index contributed by atoms with van der Waals surface area (Å²) in [6.45, 7) is 1.34. The van der Waals surface area contributed by atoms with Gasteiger partial charge in [0.2, 0.25) is 5.91 Å². The molecule has 0 aliphatic carbocycles. The number of rotatable bonds is 4. The number of halogens is 1. The van der Waals surface area contributed by atoms with Crippen LogP contribution in [0.3, 0.4) is 0 Å². The molecule has 1 aromatic heterocycles. The number of carbonyl (C=O) groups is 1. The Bertz CT molecular complexity index is 339.